The Bertz CT molecular complexity index is 514. The van der Waals surface area contributed by atoms with Crippen LogP contribution in [0.2, 0.25) is 0 Å². The van der Waals surface area contributed by atoms with Gasteiger partial charge in [0, 0.05) is 31.7 Å². The molecule has 0 spiro atoms. The highest BCUT2D eigenvalue weighted by molar-refractivity contribution is 5.96. The van der Waals surface area contributed by atoms with E-state index in [1.54, 1.807) is 0 Å². The molecule has 1 saturated heterocycles. The zero-order valence-electron chi connectivity index (χ0n) is 12.3. The fourth-order valence-corrected chi connectivity index (χ4v) is 2.87. The van der Waals surface area contributed by atoms with Crippen LogP contribution in [0.4, 0.5) is 11.4 Å². The molecule has 0 unspecified atom stereocenters. The third-order valence-corrected chi connectivity index (χ3v) is 4.43. The van der Waals surface area contributed by atoms with E-state index >= 15 is 0 Å². The van der Waals surface area contributed by atoms with Gasteiger partial charge in [0.1, 0.15) is 0 Å². The smallest absolute Gasteiger partial charge is 0.253 e. The van der Waals surface area contributed by atoms with Crippen LogP contribution in [-0.4, -0.2) is 37.0 Å². The summed E-state index contributed by atoms with van der Waals surface area (Å²) in [6.07, 6.45) is 2.17. The monoisotopic (exact) mass is 273 g/mol. The van der Waals surface area contributed by atoms with Crippen LogP contribution in [-0.2, 0) is 0 Å². The number of likely N-dealkylation sites (tertiary alicyclic amines) is 1. The highest BCUT2D eigenvalue weighted by atomic mass is 16.2. The molecule has 0 atom stereocenters. The minimum atomic E-state index is 0.163. The summed E-state index contributed by atoms with van der Waals surface area (Å²) >= 11 is 0. The van der Waals surface area contributed by atoms with E-state index in [0.29, 0.717) is 5.41 Å². The third-order valence-electron chi connectivity index (χ3n) is 4.43. The molecule has 0 bridgehead atoms. The molecule has 2 aliphatic heterocycles. The minimum absolute atomic E-state index is 0.163. The zero-order valence-corrected chi connectivity index (χ0v) is 12.3. The largest absolute Gasteiger partial charge is 0.382 e. The maximum absolute atomic E-state index is 12.6. The predicted molar refractivity (Wildman–Crippen MR) is 82.3 cm³/mol. The molecule has 20 heavy (non-hydrogen) atoms. The molecular weight excluding hydrogens is 250 g/mol. The fraction of sp³-hybridized carbons (Fsp3) is 0.562. The van der Waals surface area contributed by atoms with Crippen molar-refractivity contribution < 1.29 is 4.79 Å². The SMILES string of the molecule is CC1(C)CCN(C(=O)c2ccc3c(c2)NCCN3)CC1. The molecule has 1 aromatic carbocycles. The molecule has 108 valence electrons. The van der Waals surface area contributed by atoms with Crippen LogP contribution in [0.15, 0.2) is 18.2 Å². The Kier molecular flexibility index (Phi) is 3.32. The van der Waals surface area contributed by atoms with E-state index in [9.17, 15) is 4.79 Å². The van der Waals surface area contributed by atoms with Crippen LogP contribution in [0.1, 0.15) is 37.0 Å². The van der Waals surface area contributed by atoms with Crippen molar-refractivity contribution in [2.45, 2.75) is 26.7 Å². The molecule has 0 aliphatic carbocycles. The van der Waals surface area contributed by atoms with Crippen LogP contribution < -0.4 is 10.6 Å². The highest BCUT2D eigenvalue weighted by Gasteiger charge is 2.28. The molecule has 0 radical (unpaired) electrons. The summed E-state index contributed by atoms with van der Waals surface area (Å²) in [5, 5.41) is 6.67. The Morgan fingerprint density at radius 3 is 2.45 bits per heavy atom. The van der Waals surface area contributed by atoms with Gasteiger partial charge in [-0.3, -0.25) is 4.79 Å². The van der Waals surface area contributed by atoms with E-state index in [-0.39, 0.29) is 5.91 Å². The molecule has 1 aromatic rings. The normalized spacial score (nSPS) is 20.6. The van der Waals surface area contributed by atoms with Gasteiger partial charge in [-0.1, -0.05) is 13.8 Å². The van der Waals surface area contributed by atoms with Crippen molar-refractivity contribution in [1.29, 1.82) is 0 Å². The molecule has 1 amide bonds. The highest BCUT2D eigenvalue weighted by Crippen LogP contribution is 2.31. The van der Waals surface area contributed by atoms with Gasteiger partial charge in [0.05, 0.1) is 11.4 Å². The predicted octanol–water partition coefficient (Wildman–Crippen LogP) is 2.79. The summed E-state index contributed by atoms with van der Waals surface area (Å²) < 4.78 is 0. The number of anilines is 2. The average molecular weight is 273 g/mol. The second-order valence-electron chi connectivity index (χ2n) is 6.57. The van der Waals surface area contributed by atoms with E-state index in [1.807, 2.05) is 23.1 Å². The van der Waals surface area contributed by atoms with Gasteiger partial charge >= 0.3 is 0 Å². The molecule has 2 aliphatic rings. The lowest BCUT2D eigenvalue weighted by molar-refractivity contribution is 0.0630. The Labute approximate surface area is 120 Å². The van der Waals surface area contributed by atoms with E-state index in [1.165, 1.54) is 0 Å². The van der Waals surface area contributed by atoms with E-state index in [0.717, 1.165) is 56.0 Å². The second-order valence-corrected chi connectivity index (χ2v) is 6.57. The Morgan fingerprint density at radius 1 is 1.10 bits per heavy atom. The molecule has 4 heteroatoms. The second kappa shape index (κ2) is 5.00. The lowest BCUT2D eigenvalue weighted by Crippen LogP contribution is -2.41. The van der Waals surface area contributed by atoms with Gasteiger partial charge in [0.15, 0.2) is 0 Å². The Morgan fingerprint density at radius 2 is 1.75 bits per heavy atom. The maximum atomic E-state index is 12.6. The molecule has 1 fully saturated rings. The molecule has 2 heterocycles. The summed E-state index contributed by atoms with van der Waals surface area (Å²) in [6.45, 7) is 8.14. The van der Waals surface area contributed by atoms with Crippen LogP contribution in [0.3, 0.4) is 0 Å². The summed E-state index contributed by atoms with van der Waals surface area (Å²) in [6, 6.07) is 5.91. The number of nitrogens with one attached hydrogen (secondary N) is 2. The molecule has 0 saturated carbocycles. The maximum Gasteiger partial charge on any atom is 0.253 e. The van der Waals surface area contributed by atoms with E-state index < -0.39 is 0 Å². The molecule has 3 rings (SSSR count). The van der Waals surface area contributed by atoms with Gasteiger partial charge in [-0.15, -0.1) is 0 Å². The van der Waals surface area contributed by atoms with Gasteiger partial charge in [0.2, 0.25) is 0 Å². The summed E-state index contributed by atoms with van der Waals surface area (Å²) in [5.41, 5.74) is 3.30. The van der Waals surface area contributed by atoms with Crippen LogP contribution in [0, 0.1) is 5.41 Å². The van der Waals surface area contributed by atoms with Gasteiger partial charge in [-0.2, -0.15) is 0 Å². The number of nitrogens with zero attached hydrogens (tertiary/aromatic N) is 1. The van der Waals surface area contributed by atoms with Crippen LogP contribution >= 0.6 is 0 Å². The van der Waals surface area contributed by atoms with Crippen molar-refractivity contribution >= 4 is 17.3 Å². The Hall–Kier alpha value is -1.71. The topological polar surface area (TPSA) is 44.4 Å². The number of hydrogen-bond donors (Lipinski definition) is 2. The molecular formula is C16H23N3O. The molecule has 0 aromatic heterocycles. The van der Waals surface area contributed by atoms with E-state index in [2.05, 4.69) is 24.5 Å². The van der Waals surface area contributed by atoms with Crippen molar-refractivity contribution in [2.24, 2.45) is 5.41 Å². The number of amides is 1. The standard InChI is InChI=1S/C16H23N3O/c1-16(2)5-9-19(10-6-16)15(20)12-3-4-13-14(11-12)18-8-7-17-13/h3-4,11,17-18H,5-10H2,1-2H3. The van der Waals surface area contributed by atoms with Gasteiger partial charge in [-0.05, 0) is 36.5 Å². The molecule has 4 nitrogen and oxygen atoms in total. The van der Waals surface area contributed by atoms with Gasteiger partial charge in [0.25, 0.3) is 5.91 Å². The van der Waals surface area contributed by atoms with Crippen LogP contribution in [0.25, 0.3) is 0 Å². The van der Waals surface area contributed by atoms with Gasteiger partial charge < -0.3 is 15.5 Å². The van der Waals surface area contributed by atoms with Crippen molar-refractivity contribution in [2.75, 3.05) is 36.8 Å². The molecule has 2 N–H and O–H groups in total. The Balaban J connectivity index is 1.74. The summed E-state index contributed by atoms with van der Waals surface area (Å²) in [5.74, 6) is 0.163. The number of hydrogen-bond acceptors (Lipinski definition) is 3. The van der Waals surface area contributed by atoms with Crippen molar-refractivity contribution in [3.05, 3.63) is 23.8 Å². The lowest BCUT2D eigenvalue weighted by Gasteiger charge is -2.37. The number of carbonyl (C=O) groups is 1. The zero-order chi connectivity index (χ0) is 14.2. The third kappa shape index (κ3) is 2.60. The first kappa shape index (κ1) is 13.3. The minimum Gasteiger partial charge on any atom is -0.382 e. The number of benzene rings is 1. The lowest BCUT2D eigenvalue weighted by atomic mass is 9.82. The number of piperidine rings is 1. The van der Waals surface area contributed by atoms with Crippen LogP contribution in [0.5, 0.6) is 0 Å². The quantitative estimate of drug-likeness (QED) is 0.827. The van der Waals surface area contributed by atoms with Gasteiger partial charge in [-0.25, -0.2) is 0 Å². The van der Waals surface area contributed by atoms with Crippen molar-refractivity contribution in [1.82, 2.24) is 4.90 Å². The summed E-state index contributed by atoms with van der Waals surface area (Å²) in [4.78, 5) is 14.6. The summed E-state index contributed by atoms with van der Waals surface area (Å²) in [7, 11) is 0. The number of carbonyl (C=O) groups excluding carboxylic acids is 1. The number of fused-ring (bicyclic) bond motifs is 1. The fourth-order valence-electron chi connectivity index (χ4n) is 2.87. The number of rotatable bonds is 1. The van der Waals surface area contributed by atoms with Crippen molar-refractivity contribution in [3.8, 4) is 0 Å². The average Bonchev–Trinajstić information content (AvgIpc) is 2.46. The first-order chi connectivity index (χ1) is 9.55. The first-order valence-corrected chi connectivity index (χ1v) is 7.46. The van der Waals surface area contributed by atoms with Crippen molar-refractivity contribution in [3.63, 3.8) is 0 Å². The van der Waals surface area contributed by atoms with E-state index in [4.69, 9.17) is 0 Å². The first-order valence-electron chi connectivity index (χ1n) is 7.46.